The second-order valence-electron chi connectivity index (χ2n) is 2.16. The van der Waals surface area contributed by atoms with E-state index in [2.05, 4.69) is 10.7 Å². The predicted molar refractivity (Wildman–Crippen MR) is 40.3 cm³/mol. The van der Waals surface area contributed by atoms with Gasteiger partial charge in [-0.25, -0.2) is 5.43 Å². The third-order valence-electron chi connectivity index (χ3n) is 0.920. The maximum atomic E-state index is 10.8. The van der Waals surface area contributed by atoms with E-state index < -0.39 is 0 Å². The fourth-order valence-electron chi connectivity index (χ4n) is 0.431. The van der Waals surface area contributed by atoms with Crippen LogP contribution in [0.5, 0.6) is 0 Å². The van der Waals surface area contributed by atoms with Crippen molar-refractivity contribution in [3.8, 4) is 6.07 Å². The lowest BCUT2D eigenvalue weighted by atomic mass is 10.6. The molecule has 0 aliphatic carbocycles. The summed E-state index contributed by atoms with van der Waals surface area (Å²) < 4.78 is 0. The quantitative estimate of drug-likeness (QED) is 0.392. The van der Waals surface area contributed by atoms with E-state index in [9.17, 15) is 4.79 Å². The minimum absolute atomic E-state index is 0.0634. The average molecular weight is 156 g/mol. The number of nitrogens with one attached hydrogen (secondary N) is 2. The molecule has 62 valence electrons. The molecule has 2 N–H and O–H groups in total. The fraction of sp³-hybridized carbons (Fsp3) is 0.667. The molecule has 0 aliphatic rings. The number of hydrazine groups is 1. The summed E-state index contributed by atoms with van der Waals surface area (Å²) >= 11 is 0. The van der Waals surface area contributed by atoms with Gasteiger partial charge < -0.3 is 5.32 Å². The number of hydrogen-bond donors (Lipinski definition) is 2. The van der Waals surface area contributed by atoms with Gasteiger partial charge in [0.15, 0.2) is 0 Å². The molecular formula is C6H12N4O. The molecule has 0 rings (SSSR count). The summed E-state index contributed by atoms with van der Waals surface area (Å²) in [5.41, 5.74) is 2.77. The Hall–Kier alpha value is -1.12. The van der Waals surface area contributed by atoms with Crippen LogP contribution in [0, 0.1) is 11.3 Å². The smallest absolute Gasteiger partial charge is 0.236 e. The third-order valence-corrected chi connectivity index (χ3v) is 0.920. The summed E-state index contributed by atoms with van der Waals surface area (Å²) in [5.74, 6) is -0.180. The highest BCUT2D eigenvalue weighted by molar-refractivity contribution is 5.78. The van der Waals surface area contributed by atoms with Crippen LogP contribution in [0.4, 0.5) is 0 Å². The highest BCUT2D eigenvalue weighted by Gasteiger charge is 1.98. The van der Waals surface area contributed by atoms with E-state index in [-0.39, 0.29) is 19.0 Å². The van der Waals surface area contributed by atoms with Crippen molar-refractivity contribution in [2.45, 2.75) is 0 Å². The number of hydrogen-bond acceptors (Lipinski definition) is 4. The summed E-state index contributed by atoms with van der Waals surface area (Å²) in [4.78, 5) is 10.8. The van der Waals surface area contributed by atoms with Crippen LogP contribution in [-0.4, -0.2) is 38.1 Å². The Bertz CT molecular complexity index is 160. The number of rotatable bonds is 4. The van der Waals surface area contributed by atoms with Crippen molar-refractivity contribution < 1.29 is 4.79 Å². The Morgan fingerprint density at radius 1 is 1.64 bits per heavy atom. The van der Waals surface area contributed by atoms with Crippen molar-refractivity contribution >= 4 is 5.91 Å². The van der Waals surface area contributed by atoms with E-state index in [1.807, 2.05) is 6.07 Å². The van der Waals surface area contributed by atoms with Crippen molar-refractivity contribution in [2.24, 2.45) is 0 Å². The zero-order chi connectivity index (χ0) is 8.69. The predicted octanol–water partition coefficient (Wildman–Crippen LogP) is -1.31. The lowest BCUT2D eigenvalue weighted by Crippen LogP contribution is -2.40. The summed E-state index contributed by atoms with van der Waals surface area (Å²) in [6, 6.07) is 1.81. The summed E-state index contributed by atoms with van der Waals surface area (Å²) in [6.45, 7) is 0.266. The molecule has 0 bridgehead atoms. The van der Waals surface area contributed by atoms with Gasteiger partial charge in [0.25, 0.3) is 0 Å². The fourth-order valence-corrected chi connectivity index (χ4v) is 0.431. The molecule has 0 saturated heterocycles. The molecule has 5 heteroatoms. The maximum absolute atomic E-state index is 10.8. The molecule has 0 fully saturated rings. The first-order valence-corrected chi connectivity index (χ1v) is 3.21. The van der Waals surface area contributed by atoms with E-state index in [1.165, 1.54) is 0 Å². The van der Waals surface area contributed by atoms with Gasteiger partial charge >= 0.3 is 0 Å². The molecule has 0 atom stereocenters. The molecular weight excluding hydrogens is 144 g/mol. The molecule has 0 aromatic heterocycles. The van der Waals surface area contributed by atoms with Crippen molar-refractivity contribution in [1.29, 1.82) is 5.26 Å². The van der Waals surface area contributed by atoms with Crippen LogP contribution in [0.1, 0.15) is 0 Å². The van der Waals surface area contributed by atoms with Gasteiger partial charge in [0.05, 0.1) is 12.6 Å². The zero-order valence-electron chi connectivity index (χ0n) is 6.72. The zero-order valence-corrected chi connectivity index (χ0v) is 6.72. The highest BCUT2D eigenvalue weighted by atomic mass is 16.2. The van der Waals surface area contributed by atoms with Gasteiger partial charge in [-0.1, -0.05) is 0 Å². The van der Waals surface area contributed by atoms with Gasteiger partial charge in [0, 0.05) is 14.1 Å². The molecule has 5 nitrogen and oxygen atoms in total. The van der Waals surface area contributed by atoms with E-state index >= 15 is 0 Å². The van der Waals surface area contributed by atoms with Gasteiger partial charge in [0.2, 0.25) is 5.91 Å². The molecule has 0 unspecified atom stereocenters. The van der Waals surface area contributed by atoms with E-state index in [4.69, 9.17) is 5.26 Å². The summed E-state index contributed by atoms with van der Waals surface area (Å²) in [5, 5.41) is 12.2. The second kappa shape index (κ2) is 5.65. The largest absolute Gasteiger partial charge is 0.342 e. The first-order valence-electron chi connectivity index (χ1n) is 3.21. The highest BCUT2D eigenvalue weighted by Crippen LogP contribution is 1.65. The van der Waals surface area contributed by atoms with Crippen LogP contribution in [0.15, 0.2) is 0 Å². The average Bonchev–Trinajstić information content (AvgIpc) is 1.97. The summed E-state index contributed by atoms with van der Waals surface area (Å²) in [7, 11) is 3.58. The first-order chi connectivity index (χ1) is 5.16. The van der Waals surface area contributed by atoms with Crippen LogP contribution in [0.25, 0.3) is 0 Å². The van der Waals surface area contributed by atoms with Gasteiger partial charge in [-0.2, -0.15) is 5.26 Å². The van der Waals surface area contributed by atoms with Crippen LogP contribution >= 0.6 is 0 Å². The molecule has 1 amide bonds. The Morgan fingerprint density at radius 2 is 2.27 bits per heavy atom. The number of nitrogens with zero attached hydrogens (tertiary/aromatic N) is 2. The molecule has 0 saturated carbocycles. The maximum Gasteiger partial charge on any atom is 0.236 e. The molecule has 0 radical (unpaired) electrons. The molecule has 11 heavy (non-hydrogen) atoms. The number of carbonyl (C=O) groups excluding carboxylic acids is 1. The minimum atomic E-state index is -0.180. The van der Waals surface area contributed by atoms with E-state index in [0.29, 0.717) is 0 Å². The Labute approximate surface area is 65.9 Å². The molecule has 0 aromatic rings. The molecule has 0 spiro atoms. The number of carbonyl (C=O) groups is 1. The minimum Gasteiger partial charge on any atom is -0.342 e. The van der Waals surface area contributed by atoms with Gasteiger partial charge in [-0.05, 0) is 0 Å². The SMILES string of the molecule is CN(C)NCC(=O)NCC#N. The first kappa shape index (κ1) is 9.88. The van der Waals surface area contributed by atoms with Crippen LogP contribution < -0.4 is 10.7 Å². The number of amides is 1. The topological polar surface area (TPSA) is 68.2 Å². The van der Waals surface area contributed by atoms with Crippen molar-refractivity contribution in [3.05, 3.63) is 0 Å². The van der Waals surface area contributed by atoms with Crippen LogP contribution in [0.2, 0.25) is 0 Å². The Kier molecular flexibility index (Phi) is 5.07. The lowest BCUT2D eigenvalue weighted by molar-refractivity contribution is -0.120. The van der Waals surface area contributed by atoms with Gasteiger partial charge in [0.1, 0.15) is 6.54 Å². The third kappa shape index (κ3) is 6.77. The monoisotopic (exact) mass is 156 g/mol. The Balaban J connectivity index is 3.32. The van der Waals surface area contributed by atoms with Crippen LogP contribution in [-0.2, 0) is 4.79 Å². The van der Waals surface area contributed by atoms with Crippen LogP contribution in [0.3, 0.4) is 0 Å². The standard InChI is InChI=1S/C6H12N4O/c1-10(2)9-5-6(11)8-4-3-7/h9H,4-5H2,1-2H3,(H,8,11). The van der Waals surface area contributed by atoms with Crippen molar-refractivity contribution in [1.82, 2.24) is 15.8 Å². The normalized spacial score (nSPS) is 9.27. The van der Waals surface area contributed by atoms with E-state index in [0.717, 1.165) is 0 Å². The number of nitriles is 1. The van der Waals surface area contributed by atoms with Crippen molar-refractivity contribution in [2.75, 3.05) is 27.2 Å². The molecule has 0 aliphatic heterocycles. The Morgan fingerprint density at radius 3 is 2.73 bits per heavy atom. The lowest BCUT2D eigenvalue weighted by Gasteiger charge is -2.10. The second-order valence-corrected chi connectivity index (χ2v) is 2.16. The summed E-state index contributed by atoms with van der Waals surface area (Å²) in [6.07, 6.45) is 0. The van der Waals surface area contributed by atoms with E-state index in [1.54, 1.807) is 19.1 Å². The van der Waals surface area contributed by atoms with Crippen molar-refractivity contribution in [3.63, 3.8) is 0 Å². The molecule has 0 heterocycles. The van der Waals surface area contributed by atoms with Gasteiger partial charge in [-0.15, -0.1) is 0 Å². The van der Waals surface area contributed by atoms with Gasteiger partial charge in [-0.3, -0.25) is 9.80 Å². The molecule has 0 aromatic carbocycles.